The van der Waals surface area contributed by atoms with Gasteiger partial charge in [0.05, 0.1) is 5.75 Å². The van der Waals surface area contributed by atoms with E-state index in [0.717, 1.165) is 22.0 Å². The highest BCUT2D eigenvalue weighted by Gasteiger charge is 2.04. The number of hydrogen-bond donors (Lipinski definition) is 3. The first-order valence-electron chi connectivity index (χ1n) is 8.40. The van der Waals surface area contributed by atoms with E-state index >= 15 is 0 Å². The molecule has 0 spiro atoms. The van der Waals surface area contributed by atoms with Gasteiger partial charge in [-0.2, -0.15) is 0 Å². The maximum atomic E-state index is 12.0. The maximum Gasteiger partial charge on any atom is 0.234 e. The molecule has 0 aliphatic rings. The molecule has 0 aliphatic heterocycles. The van der Waals surface area contributed by atoms with E-state index in [1.54, 1.807) is 0 Å². The van der Waals surface area contributed by atoms with E-state index < -0.39 is 0 Å². The number of thiocarbonyl (C=S) groups is 1. The van der Waals surface area contributed by atoms with Crippen LogP contribution in [0.1, 0.15) is 0 Å². The van der Waals surface area contributed by atoms with Crippen LogP contribution < -0.4 is 16.0 Å². The lowest BCUT2D eigenvalue weighted by atomic mass is 10.3. The molecule has 0 unspecified atom stereocenters. The predicted octanol–water partition coefficient (Wildman–Crippen LogP) is 5.23. The topological polar surface area (TPSA) is 53.2 Å². The van der Waals surface area contributed by atoms with E-state index in [4.69, 9.17) is 12.2 Å². The predicted molar refractivity (Wildman–Crippen MR) is 119 cm³/mol. The third kappa shape index (κ3) is 6.44. The minimum atomic E-state index is -0.0263. The van der Waals surface area contributed by atoms with Crippen LogP contribution in [0, 0.1) is 0 Å². The Labute approximate surface area is 168 Å². The van der Waals surface area contributed by atoms with Gasteiger partial charge in [-0.1, -0.05) is 36.4 Å². The number of thioether (sulfide) groups is 1. The van der Waals surface area contributed by atoms with Crippen molar-refractivity contribution in [2.75, 3.05) is 21.7 Å². The normalized spacial score (nSPS) is 10.1. The van der Waals surface area contributed by atoms with Gasteiger partial charge in [0.15, 0.2) is 5.11 Å². The third-order valence-electron chi connectivity index (χ3n) is 3.57. The van der Waals surface area contributed by atoms with Crippen LogP contribution in [0.25, 0.3) is 0 Å². The van der Waals surface area contributed by atoms with E-state index in [1.807, 2.05) is 84.9 Å². The maximum absolute atomic E-state index is 12.0. The molecule has 0 heterocycles. The van der Waals surface area contributed by atoms with Gasteiger partial charge in [0.25, 0.3) is 0 Å². The summed E-state index contributed by atoms with van der Waals surface area (Å²) in [6.45, 7) is 0. The van der Waals surface area contributed by atoms with Gasteiger partial charge in [-0.05, 0) is 60.7 Å². The summed E-state index contributed by atoms with van der Waals surface area (Å²) < 4.78 is 0. The van der Waals surface area contributed by atoms with Crippen LogP contribution in [0.4, 0.5) is 17.1 Å². The largest absolute Gasteiger partial charge is 0.332 e. The summed E-state index contributed by atoms with van der Waals surface area (Å²) in [6, 6.07) is 27.0. The Morgan fingerprint density at radius 2 is 1.19 bits per heavy atom. The van der Waals surface area contributed by atoms with Crippen molar-refractivity contribution in [2.24, 2.45) is 0 Å². The van der Waals surface area contributed by atoms with Crippen LogP contribution in [0.15, 0.2) is 89.8 Å². The molecule has 0 aliphatic carbocycles. The Hall–Kier alpha value is -2.83. The zero-order valence-corrected chi connectivity index (χ0v) is 16.1. The molecule has 1 amide bonds. The Balaban J connectivity index is 1.45. The third-order valence-corrected chi connectivity index (χ3v) is 4.79. The summed E-state index contributed by atoms with van der Waals surface area (Å²) in [5, 5.41) is 9.68. The summed E-state index contributed by atoms with van der Waals surface area (Å²) in [5.41, 5.74) is 2.63. The highest BCUT2D eigenvalue weighted by Crippen LogP contribution is 2.21. The number of benzene rings is 3. The molecule has 0 radical (unpaired) electrons. The van der Waals surface area contributed by atoms with E-state index in [1.165, 1.54) is 11.8 Å². The molecule has 136 valence electrons. The Kier molecular flexibility index (Phi) is 6.84. The van der Waals surface area contributed by atoms with Gasteiger partial charge >= 0.3 is 0 Å². The average molecular weight is 394 g/mol. The first-order valence-corrected chi connectivity index (χ1v) is 9.79. The molecule has 0 bridgehead atoms. The van der Waals surface area contributed by atoms with Gasteiger partial charge in [0.2, 0.25) is 5.91 Å². The Bertz CT molecular complexity index is 884. The minimum Gasteiger partial charge on any atom is -0.332 e. The first kappa shape index (κ1) is 18.9. The van der Waals surface area contributed by atoms with E-state index in [9.17, 15) is 4.79 Å². The summed E-state index contributed by atoms with van der Waals surface area (Å²) >= 11 is 6.81. The molecule has 0 aromatic heterocycles. The van der Waals surface area contributed by atoms with Crippen LogP contribution in [0.3, 0.4) is 0 Å². The SMILES string of the molecule is O=C(CSc1ccc(NC(=S)Nc2ccccc2)cc1)Nc1ccccc1. The van der Waals surface area contributed by atoms with Gasteiger partial charge in [-0.3, -0.25) is 4.79 Å². The molecular formula is C21H19N3OS2. The van der Waals surface area contributed by atoms with Gasteiger partial charge in [-0.15, -0.1) is 11.8 Å². The Morgan fingerprint density at radius 3 is 1.74 bits per heavy atom. The number of carbonyl (C=O) groups excluding carboxylic acids is 1. The molecule has 0 saturated heterocycles. The highest BCUT2D eigenvalue weighted by atomic mass is 32.2. The van der Waals surface area contributed by atoms with Crippen LogP contribution in [-0.4, -0.2) is 16.8 Å². The molecule has 3 rings (SSSR count). The van der Waals surface area contributed by atoms with Gasteiger partial charge in [0, 0.05) is 22.0 Å². The second kappa shape index (κ2) is 9.75. The number of nitrogens with one attached hydrogen (secondary N) is 3. The van der Waals surface area contributed by atoms with Crippen molar-refractivity contribution in [1.82, 2.24) is 0 Å². The minimum absolute atomic E-state index is 0.0263. The molecule has 0 saturated carbocycles. The van der Waals surface area contributed by atoms with Gasteiger partial charge in [0.1, 0.15) is 0 Å². The number of carbonyl (C=O) groups is 1. The lowest BCUT2D eigenvalue weighted by Gasteiger charge is -2.11. The van der Waals surface area contributed by atoms with Crippen molar-refractivity contribution in [3.8, 4) is 0 Å². The number of hydrogen-bond acceptors (Lipinski definition) is 3. The molecule has 6 heteroatoms. The fourth-order valence-corrected chi connectivity index (χ4v) is 3.25. The molecule has 3 N–H and O–H groups in total. The van der Waals surface area contributed by atoms with Gasteiger partial charge in [-0.25, -0.2) is 0 Å². The number of anilines is 3. The van der Waals surface area contributed by atoms with Crippen LogP contribution in [0.5, 0.6) is 0 Å². The van der Waals surface area contributed by atoms with Crippen molar-refractivity contribution in [2.45, 2.75) is 4.90 Å². The lowest BCUT2D eigenvalue weighted by Crippen LogP contribution is -2.18. The molecule has 4 nitrogen and oxygen atoms in total. The molecule has 0 atom stereocenters. The zero-order chi connectivity index (χ0) is 18.9. The number of para-hydroxylation sites is 2. The highest BCUT2D eigenvalue weighted by molar-refractivity contribution is 8.00. The van der Waals surface area contributed by atoms with Crippen molar-refractivity contribution < 1.29 is 4.79 Å². The quantitative estimate of drug-likeness (QED) is 0.396. The summed E-state index contributed by atoms with van der Waals surface area (Å²) in [7, 11) is 0. The summed E-state index contributed by atoms with van der Waals surface area (Å²) in [6.07, 6.45) is 0. The van der Waals surface area contributed by atoms with Crippen LogP contribution in [0.2, 0.25) is 0 Å². The standard InChI is InChI=1S/C21H19N3OS2/c25-20(22-16-7-3-1-4-8-16)15-27-19-13-11-18(12-14-19)24-21(26)23-17-9-5-2-6-10-17/h1-14H,15H2,(H,22,25)(H2,23,24,26). The molecule has 0 fully saturated rings. The van der Waals surface area contributed by atoms with E-state index in [-0.39, 0.29) is 5.91 Å². The Morgan fingerprint density at radius 1 is 0.704 bits per heavy atom. The molecular weight excluding hydrogens is 374 g/mol. The van der Waals surface area contributed by atoms with Gasteiger partial charge < -0.3 is 16.0 Å². The van der Waals surface area contributed by atoms with Crippen LogP contribution >= 0.6 is 24.0 Å². The number of amides is 1. The van der Waals surface area contributed by atoms with Crippen molar-refractivity contribution in [3.63, 3.8) is 0 Å². The van der Waals surface area contributed by atoms with Crippen LogP contribution in [-0.2, 0) is 4.79 Å². The molecule has 3 aromatic carbocycles. The monoisotopic (exact) mass is 393 g/mol. The van der Waals surface area contributed by atoms with E-state index in [0.29, 0.717) is 10.9 Å². The number of rotatable bonds is 6. The van der Waals surface area contributed by atoms with E-state index in [2.05, 4.69) is 16.0 Å². The second-order valence-corrected chi connectivity index (χ2v) is 7.13. The summed E-state index contributed by atoms with van der Waals surface area (Å²) in [5.74, 6) is 0.331. The van der Waals surface area contributed by atoms with Crippen molar-refractivity contribution in [1.29, 1.82) is 0 Å². The average Bonchev–Trinajstić information content (AvgIpc) is 2.69. The van der Waals surface area contributed by atoms with Crippen molar-refractivity contribution >= 4 is 52.1 Å². The zero-order valence-electron chi connectivity index (χ0n) is 14.5. The fourth-order valence-electron chi connectivity index (χ4n) is 2.32. The molecule has 3 aromatic rings. The molecule has 27 heavy (non-hydrogen) atoms. The smallest absolute Gasteiger partial charge is 0.234 e. The van der Waals surface area contributed by atoms with Crippen molar-refractivity contribution in [3.05, 3.63) is 84.9 Å². The fraction of sp³-hybridized carbons (Fsp3) is 0.0476. The second-order valence-electron chi connectivity index (χ2n) is 5.67. The first-order chi connectivity index (χ1) is 13.2. The summed E-state index contributed by atoms with van der Waals surface area (Å²) in [4.78, 5) is 13.0. The lowest BCUT2D eigenvalue weighted by molar-refractivity contribution is -0.113.